The lowest BCUT2D eigenvalue weighted by Gasteiger charge is -2.32. The van der Waals surface area contributed by atoms with E-state index in [1.807, 2.05) is 0 Å². The van der Waals surface area contributed by atoms with Crippen LogP contribution in [0.1, 0.15) is 0 Å². The third kappa shape index (κ3) is 2.76. The van der Waals surface area contributed by atoms with Gasteiger partial charge in [0.1, 0.15) is 25.2 Å². The van der Waals surface area contributed by atoms with Gasteiger partial charge in [-0.15, -0.1) is 0 Å². The van der Waals surface area contributed by atoms with Gasteiger partial charge in [0.2, 0.25) is 5.91 Å². The van der Waals surface area contributed by atoms with E-state index in [1.165, 1.54) is 22.2 Å². The van der Waals surface area contributed by atoms with Gasteiger partial charge in [0, 0.05) is 18.1 Å². The molecule has 1 amide bonds. The largest absolute Gasteiger partial charge is 0.480 e. The summed E-state index contributed by atoms with van der Waals surface area (Å²) >= 11 is 1.55. The summed E-state index contributed by atoms with van der Waals surface area (Å²) in [5, 5.41) is 12.9. The number of hydrogen-bond donors (Lipinski definition) is 1. The Balaban J connectivity index is 2.03. The zero-order valence-electron chi connectivity index (χ0n) is 9.02. The summed E-state index contributed by atoms with van der Waals surface area (Å²) in [5.41, 5.74) is 0. The second-order valence-corrected chi connectivity index (χ2v) is 4.76. The van der Waals surface area contributed by atoms with Crippen LogP contribution < -0.4 is 0 Å². The molecule has 17 heavy (non-hydrogen) atoms. The van der Waals surface area contributed by atoms with Crippen LogP contribution in [0.5, 0.6) is 0 Å². The van der Waals surface area contributed by atoms with Gasteiger partial charge in [-0.2, -0.15) is 16.9 Å². The SMILES string of the molecule is O=C(O)C1CSCCN1C(=O)Cn1cncn1. The number of thioether (sulfide) groups is 1. The van der Waals surface area contributed by atoms with Crippen molar-refractivity contribution in [3.05, 3.63) is 12.7 Å². The first-order valence-electron chi connectivity index (χ1n) is 5.11. The van der Waals surface area contributed by atoms with Gasteiger partial charge in [0.25, 0.3) is 0 Å². The maximum Gasteiger partial charge on any atom is 0.327 e. The number of carboxylic acids is 1. The smallest absolute Gasteiger partial charge is 0.327 e. The molecule has 0 radical (unpaired) electrons. The van der Waals surface area contributed by atoms with Crippen molar-refractivity contribution >= 4 is 23.6 Å². The topological polar surface area (TPSA) is 88.3 Å². The molecule has 1 aromatic heterocycles. The Bertz CT molecular complexity index is 408. The molecule has 8 heteroatoms. The van der Waals surface area contributed by atoms with Crippen molar-refractivity contribution < 1.29 is 14.7 Å². The van der Waals surface area contributed by atoms with Crippen LogP contribution in [-0.2, 0) is 16.1 Å². The standard InChI is InChI=1S/C9H12N4O3S/c14-8(3-12-6-10-5-11-12)13-1-2-17-4-7(13)9(15)16/h5-7H,1-4H2,(H,15,16). The van der Waals surface area contributed by atoms with Crippen molar-refractivity contribution in [1.29, 1.82) is 0 Å². The maximum absolute atomic E-state index is 11.9. The molecule has 2 heterocycles. The summed E-state index contributed by atoms with van der Waals surface area (Å²) in [6.07, 6.45) is 2.78. The van der Waals surface area contributed by atoms with E-state index in [0.29, 0.717) is 12.3 Å². The quantitative estimate of drug-likeness (QED) is 0.770. The number of rotatable bonds is 3. The van der Waals surface area contributed by atoms with Crippen molar-refractivity contribution in [2.45, 2.75) is 12.6 Å². The van der Waals surface area contributed by atoms with Crippen molar-refractivity contribution in [2.75, 3.05) is 18.1 Å². The van der Waals surface area contributed by atoms with Crippen molar-refractivity contribution in [3.63, 3.8) is 0 Å². The second-order valence-electron chi connectivity index (χ2n) is 3.61. The minimum Gasteiger partial charge on any atom is -0.480 e. The van der Waals surface area contributed by atoms with Crippen molar-refractivity contribution in [3.8, 4) is 0 Å². The van der Waals surface area contributed by atoms with Gasteiger partial charge in [-0.25, -0.2) is 14.5 Å². The van der Waals surface area contributed by atoms with Crippen LogP contribution in [0.25, 0.3) is 0 Å². The van der Waals surface area contributed by atoms with Crippen LogP contribution in [0.4, 0.5) is 0 Å². The predicted molar refractivity (Wildman–Crippen MR) is 60.5 cm³/mol. The van der Waals surface area contributed by atoms with E-state index in [4.69, 9.17) is 5.11 Å². The lowest BCUT2D eigenvalue weighted by atomic mass is 10.2. The molecule has 1 atom stereocenters. The lowest BCUT2D eigenvalue weighted by Crippen LogP contribution is -2.51. The number of carbonyl (C=O) groups excluding carboxylic acids is 1. The minimum atomic E-state index is -0.954. The lowest BCUT2D eigenvalue weighted by molar-refractivity contribution is -0.149. The van der Waals surface area contributed by atoms with E-state index >= 15 is 0 Å². The van der Waals surface area contributed by atoms with Gasteiger partial charge in [-0.1, -0.05) is 0 Å². The fourth-order valence-electron chi connectivity index (χ4n) is 1.65. The zero-order chi connectivity index (χ0) is 12.3. The first-order chi connectivity index (χ1) is 8.18. The highest BCUT2D eigenvalue weighted by Gasteiger charge is 2.32. The Kier molecular flexibility index (Phi) is 3.62. The molecular weight excluding hydrogens is 244 g/mol. The van der Waals surface area contributed by atoms with Gasteiger partial charge in [0.15, 0.2) is 0 Å². The van der Waals surface area contributed by atoms with Crippen molar-refractivity contribution in [2.24, 2.45) is 0 Å². The Morgan fingerprint density at radius 2 is 2.35 bits per heavy atom. The van der Waals surface area contributed by atoms with Gasteiger partial charge in [0.05, 0.1) is 0 Å². The number of amides is 1. The summed E-state index contributed by atoms with van der Waals surface area (Å²) in [4.78, 5) is 28.1. The average molecular weight is 256 g/mol. The number of nitrogens with zero attached hydrogens (tertiary/aromatic N) is 4. The van der Waals surface area contributed by atoms with Gasteiger partial charge >= 0.3 is 5.97 Å². The molecule has 0 aliphatic carbocycles. The fraction of sp³-hybridized carbons (Fsp3) is 0.556. The molecule has 1 fully saturated rings. The molecule has 1 N–H and O–H groups in total. The molecule has 1 unspecified atom stereocenters. The van der Waals surface area contributed by atoms with Crippen LogP contribution in [-0.4, -0.2) is 60.7 Å². The number of aliphatic carboxylic acids is 1. The Morgan fingerprint density at radius 3 is 3.00 bits per heavy atom. The highest BCUT2D eigenvalue weighted by Crippen LogP contribution is 2.17. The van der Waals surface area contributed by atoms with E-state index < -0.39 is 12.0 Å². The van der Waals surface area contributed by atoms with E-state index in [2.05, 4.69) is 10.1 Å². The normalized spacial score (nSPS) is 20.2. The van der Waals surface area contributed by atoms with Crippen LogP contribution in [0.2, 0.25) is 0 Å². The number of aromatic nitrogens is 3. The third-order valence-corrected chi connectivity index (χ3v) is 3.52. The van der Waals surface area contributed by atoms with Crippen LogP contribution in [0.15, 0.2) is 12.7 Å². The highest BCUT2D eigenvalue weighted by molar-refractivity contribution is 7.99. The Morgan fingerprint density at radius 1 is 1.53 bits per heavy atom. The molecule has 1 aromatic rings. The third-order valence-electron chi connectivity index (χ3n) is 2.50. The summed E-state index contributed by atoms with van der Waals surface area (Å²) in [7, 11) is 0. The molecule has 0 saturated carbocycles. The van der Waals surface area contributed by atoms with Crippen LogP contribution in [0, 0.1) is 0 Å². The number of hydrogen-bond acceptors (Lipinski definition) is 5. The average Bonchev–Trinajstić information content (AvgIpc) is 2.81. The summed E-state index contributed by atoms with van der Waals surface area (Å²) in [6, 6.07) is -0.732. The molecule has 7 nitrogen and oxygen atoms in total. The zero-order valence-corrected chi connectivity index (χ0v) is 9.84. The molecule has 1 aliphatic heterocycles. The highest BCUT2D eigenvalue weighted by atomic mass is 32.2. The molecular formula is C9H12N4O3S. The molecule has 2 rings (SSSR count). The molecule has 0 spiro atoms. The van der Waals surface area contributed by atoms with E-state index in [-0.39, 0.29) is 12.5 Å². The number of carboxylic acid groups (broad SMARTS) is 1. The van der Waals surface area contributed by atoms with Crippen molar-refractivity contribution in [1.82, 2.24) is 19.7 Å². The van der Waals surface area contributed by atoms with Gasteiger partial charge in [-0.05, 0) is 0 Å². The fourth-order valence-corrected chi connectivity index (χ4v) is 2.69. The first kappa shape index (κ1) is 11.9. The van der Waals surface area contributed by atoms with Gasteiger partial charge in [-0.3, -0.25) is 4.79 Å². The Labute approximate surface area is 102 Å². The van der Waals surface area contributed by atoms with E-state index in [1.54, 1.807) is 11.8 Å². The predicted octanol–water partition coefficient (Wildman–Crippen LogP) is -0.693. The van der Waals surface area contributed by atoms with E-state index in [0.717, 1.165) is 5.75 Å². The minimum absolute atomic E-state index is 0.0362. The molecule has 1 aliphatic rings. The number of carbonyl (C=O) groups is 2. The molecule has 0 aromatic carbocycles. The second kappa shape index (κ2) is 5.17. The van der Waals surface area contributed by atoms with E-state index in [9.17, 15) is 9.59 Å². The molecule has 92 valence electrons. The Hall–Kier alpha value is -1.57. The summed E-state index contributed by atoms with van der Waals surface area (Å²) < 4.78 is 1.39. The molecule has 0 bridgehead atoms. The molecule has 1 saturated heterocycles. The van der Waals surface area contributed by atoms with Gasteiger partial charge < -0.3 is 10.0 Å². The van der Waals surface area contributed by atoms with Crippen LogP contribution in [0.3, 0.4) is 0 Å². The monoisotopic (exact) mass is 256 g/mol. The first-order valence-corrected chi connectivity index (χ1v) is 6.26. The summed E-state index contributed by atoms with van der Waals surface area (Å²) in [6.45, 7) is 0.504. The van der Waals surface area contributed by atoms with Crippen LogP contribution >= 0.6 is 11.8 Å². The summed E-state index contributed by atoms with van der Waals surface area (Å²) in [5.74, 6) is 0.0260. The maximum atomic E-state index is 11.9.